The van der Waals surface area contributed by atoms with E-state index in [1.807, 2.05) is 0 Å². The van der Waals surface area contributed by atoms with E-state index in [9.17, 15) is 14.4 Å². The van der Waals surface area contributed by atoms with Gasteiger partial charge in [-0.15, -0.1) is 6.42 Å². The van der Waals surface area contributed by atoms with E-state index >= 15 is 0 Å². The lowest BCUT2D eigenvalue weighted by Crippen LogP contribution is -2.53. The van der Waals surface area contributed by atoms with Crippen molar-refractivity contribution in [3.8, 4) is 12.3 Å². The number of carbonyl (C=O) groups is 3. The fourth-order valence-corrected chi connectivity index (χ4v) is 6.64. The van der Waals surface area contributed by atoms with Gasteiger partial charge in [0.25, 0.3) is 0 Å². The van der Waals surface area contributed by atoms with Crippen molar-refractivity contribution >= 4 is 17.7 Å². The molecule has 0 spiro atoms. The fraction of sp³-hybridized carbons (Fsp3) is 0.625. The van der Waals surface area contributed by atoms with Gasteiger partial charge in [0.2, 0.25) is 0 Å². The molecule has 0 heterocycles. The molecule has 0 bridgehead atoms. The lowest BCUT2D eigenvalue weighted by molar-refractivity contribution is -0.166. The second-order valence-corrected chi connectivity index (χ2v) is 9.24. The van der Waals surface area contributed by atoms with E-state index < -0.39 is 5.60 Å². The minimum absolute atomic E-state index is 0.0930. The van der Waals surface area contributed by atoms with Gasteiger partial charge in [-0.2, -0.15) is 0 Å². The van der Waals surface area contributed by atoms with E-state index in [0.717, 1.165) is 31.3 Å². The zero-order valence-corrected chi connectivity index (χ0v) is 17.3. The van der Waals surface area contributed by atoms with Gasteiger partial charge < -0.3 is 9.47 Å². The van der Waals surface area contributed by atoms with Crippen LogP contribution in [0.3, 0.4) is 0 Å². The molecule has 2 fully saturated rings. The number of terminal acetylenes is 1. The second kappa shape index (κ2) is 6.86. The maximum Gasteiger partial charge on any atom is 0.308 e. The molecule has 4 aliphatic carbocycles. The SMILES string of the molecule is C#C[C@]1(OC(C)=O)CC[C@H]2[C@@H]3C=C(OC(C)=O)C4=CC(=O)CC[C@@H]4[C@H]3CC[C@@]21C. The third kappa shape index (κ3) is 2.96. The van der Waals surface area contributed by atoms with Gasteiger partial charge in [0.1, 0.15) is 5.76 Å². The van der Waals surface area contributed by atoms with Crippen LogP contribution in [-0.4, -0.2) is 23.3 Å². The molecule has 0 unspecified atom stereocenters. The second-order valence-electron chi connectivity index (χ2n) is 9.24. The number of hydrogen-bond donors (Lipinski definition) is 0. The number of esters is 2. The van der Waals surface area contributed by atoms with Gasteiger partial charge in [-0.25, -0.2) is 0 Å². The van der Waals surface area contributed by atoms with Crippen LogP contribution in [0.15, 0.2) is 23.5 Å². The van der Waals surface area contributed by atoms with Gasteiger partial charge in [0.15, 0.2) is 11.4 Å². The summed E-state index contributed by atoms with van der Waals surface area (Å²) in [4.78, 5) is 35.6. The van der Waals surface area contributed by atoms with Gasteiger partial charge in [-0.05, 0) is 67.9 Å². The van der Waals surface area contributed by atoms with Crippen LogP contribution in [0.2, 0.25) is 0 Å². The number of hydrogen-bond acceptors (Lipinski definition) is 5. The minimum Gasteiger partial charge on any atom is -0.445 e. The molecule has 4 aliphatic rings. The lowest BCUT2D eigenvalue weighted by Gasteiger charge is -2.53. The summed E-state index contributed by atoms with van der Waals surface area (Å²) in [5, 5.41) is 0. The van der Waals surface area contributed by atoms with Crippen LogP contribution >= 0.6 is 0 Å². The first kappa shape index (κ1) is 19.9. The smallest absolute Gasteiger partial charge is 0.308 e. The van der Waals surface area contributed by atoms with Crippen LogP contribution < -0.4 is 0 Å². The third-order valence-electron chi connectivity index (χ3n) is 7.87. The highest BCUT2D eigenvalue weighted by Crippen LogP contribution is 2.65. The summed E-state index contributed by atoms with van der Waals surface area (Å²) >= 11 is 0. The van der Waals surface area contributed by atoms with Gasteiger partial charge in [0.05, 0.1) is 0 Å². The summed E-state index contributed by atoms with van der Waals surface area (Å²) in [6.45, 7) is 4.95. The first-order valence-electron chi connectivity index (χ1n) is 10.5. The molecule has 0 radical (unpaired) electrons. The number of ether oxygens (including phenoxy) is 2. The maximum absolute atomic E-state index is 12.1. The molecule has 5 nitrogen and oxygen atoms in total. The highest BCUT2D eigenvalue weighted by atomic mass is 16.6. The molecule has 5 heteroatoms. The molecule has 0 aromatic rings. The standard InChI is InChI=1S/C24H28O5/c1-5-24(29-15(3)26)11-9-21-19-13-22(28-14(2)25)20-12-16(27)6-7-17(20)18(19)8-10-23(21,24)4/h1,12-13,17-19,21H,6-11H2,2-4H3/t17-,18-,19-,21+,23+,24+/m1/s1. The van der Waals surface area contributed by atoms with Crippen molar-refractivity contribution in [1.29, 1.82) is 0 Å². The lowest BCUT2D eigenvalue weighted by atomic mass is 9.52. The molecule has 4 rings (SSSR count). The summed E-state index contributed by atoms with van der Waals surface area (Å²) in [7, 11) is 0. The van der Waals surface area contributed by atoms with Gasteiger partial charge >= 0.3 is 11.9 Å². The van der Waals surface area contributed by atoms with E-state index in [-0.39, 0.29) is 40.9 Å². The highest BCUT2D eigenvalue weighted by Gasteiger charge is 2.64. The van der Waals surface area contributed by atoms with Crippen molar-refractivity contribution in [2.24, 2.45) is 29.1 Å². The Labute approximate surface area is 171 Å². The first-order valence-corrected chi connectivity index (χ1v) is 10.5. The molecule has 0 saturated heterocycles. The zero-order valence-electron chi connectivity index (χ0n) is 17.3. The van der Waals surface area contributed by atoms with Crippen molar-refractivity contribution < 1.29 is 23.9 Å². The van der Waals surface area contributed by atoms with Crippen LogP contribution in [-0.2, 0) is 23.9 Å². The molecule has 0 aromatic heterocycles. The maximum atomic E-state index is 12.1. The Morgan fingerprint density at radius 2 is 1.93 bits per heavy atom. The summed E-state index contributed by atoms with van der Waals surface area (Å²) in [5.41, 5.74) is -0.330. The number of fused-ring (bicyclic) bond motifs is 5. The van der Waals surface area contributed by atoms with E-state index in [1.54, 1.807) is 6.08 Å². The van der Waals surface area contributed by atoms with Crippen LogP contribution in [0, 0.1) is 41.4 Å². The van der Waals surface area contributed by atoms with E-state index in [4.69, 9.17) is 15.9 Å². The van der Waals surface area contributed by atoms with Gasteiger partial charge in [-0.1, -0.05) is 12.8 Å². The zero-order chi connectivity index (χ0) is 21.0. The molecule has 0 N–H and O–H groups in total. The Morgan fingerprint density at radius 3 is 2.59 bits per heavy atom. The van der Waals surface area contributed by atoms with Crippen LogP contribution in [0.1, 0.15) is 59.3 Å². The Kier molecular flexibility index (Phi) is 4.72. The van der Waals surface area contributed by atoms with Crippen molar-refractivity contribution in [3.63, 3.8) is 0 Å². The van der Waals surface area contributed by atoms with Crippen LogP contribution in [0.5, 0.6) is 0 Å². The molecule has 154 valence electrons. The van der Waals surface area contributed by atoms with Crippen molar-refractivity contribution in [1.82, 2.24) is 0 Å². The van der Waals surface area contributed by atoms with Crippen molar-refractivity contribution in [3.05, 3.63) is 23.5 Å². The Bertz CT molecular complexity index is 874. The molecule has 0 aliphatic heterocycles. The van der Waals surface area contributed by atoms with E-state index in [1.165, 1.54) is 13.8 Å². The number of carbonyl (C=O) groups excluding carboxylic acids is 3. The topological polar surface area (TPSA) is 69.7 Å². The molecule has 2 saturated carbocycles. The third-order valence-corrected chi connectivity index (χ3v) is 7.87. The van der Waals surface area contributed by atoms with Crippen LogP contribution in [0.25, 0.3) is 0 Å². The minimum atomic E-state index is -0.886. The quantitative estimate of drug-likeness (QED) is 0.525. The molecular weight excluding hydrogens is 368 g/mol. The molecule has 0 aromatic carbocycles. The van der Waals surface area contributed by atoms with E-state index in [2.05, 4.69) is 18.9 Å². The number of ketones is 1. The Morgan fingerprint density at radius 1 is 1.17 bits per heavy atom. The molecule has 29 heavy (non-hydrogen) atoms. The first-order chi connectivity index (χ1) is 13.7. The average Bonchev–Trinajstić information content (AvgIpc) is 2.94. The van der Waals surface area contributed by atoms with Crippen LogP contribution in [0.4, 0.5) is 0 Å². The summed E-state index contributed by atoms with van der Waals surface area (Å²) < 4.78 is 11.3. The largest absolute Gasteiger partial charge is 0.445 e. The highest BCUT2D eigenvalue weighted by molar-refractivity contribution is 5.92. The molecule has 6 atom stereocenters. The summed E-state index contributed by atoms with van der Waals surface area (Å²) in [5.74, 6) is 3.77. The molecule has 0 amide bonds. The Balaban J connectivity index is 1.77. The van der Waals surface area contributed by atoms with Gasteiger partial charge in [-0.3, -0.25) is 14.4 Å². The number of allylic oxidation sites excluding steroid dienone is 3. The Hall–Kier alpha value is -2.35. The molecular formula is C24H28O5. The predicted octanol–water partition coefficient (Wildman–Crippen LogP) is 3.73. The van der Waals surface area contributed by atoms with Crippen molar-refractivity contribution in [2.75, 3.05) is 0 Å². The monoisotopic (exact) mass is 396 g/mol. The predicted molar refractivity (Wildman–Crippen MR) is 106 cm³/mol. The average molecular weight is 396 g/mol. The normalized spacial score (nSPS) is 40.4. The summed E-state index contributed by atoms with van der Waals surface area (Å²) in [6.07, 6.45) is 14.3. The van der Waals surface area contributed by atoms with Crippen molar-refractivity contribution in [2.45, 2.75) is 64.9 Å². The number of rotatable bonds is 2. The van der Waals surface area contributed by atoms with Gasteiger partial charge in [0, 0.05) is 31.3 Å². The fourth-order valence-electron chi connectivity index (χ4n) is 6.64. The van der Waals surface area contributed by atoms with E-state index in [0.29, 0.717) is 24.5 Å². The summed E-state index contributed by atoms with van der Waals surface area (Å²) in [6, 6.07) is 0.